The number of benzene rings is 3. The fourth-order valence-electron chi connectivity index (χ4n) is 3.19. The summed E-state index contributed by atoms with van der Waals surface area (Å²) in [4.78, 5) is 23.3. The number of anilines is 1. The van der Waals surface area contributed by atoms with E-state index in [-0.39, 0.29) is 30.2 Å². The highest BCUT2D eigenvalue weighted by molar-refractivity contribution is 5.88. The molecule has 0 unspecified atom stereocenters. The molecule has 3 rings (SSSR count). The van der Waals surface area contributed by atoms with Crippen molar-refractivity contribution < 1.29 is 19.2 Å². The second kappa shape index (κ2) is 12.2. The van der Waals surface area contributed by atoms with Crippen LogP contribution in [0.15, 0.2) is 65.8 Å². The molecule has 2 N–H and O–H groups in total. The number of carbonyl (C=O) groups excluding carboxylic acids is 1. The molecule has 0 fully saturated rings. The highest BCUT2D eigenvalue weighted by atomic mass is 16.6. The maximum atomic E-state index is 12.2. The van der Waals surface area contributed by atoms with Crippen LogP contribution in [0.3, 0.4) is 0 Å². The first-order chi connectivity index (χ1) is 16.9. The first-order valence-electron chi connectivity index (χ1n) is 11.1. The largest absolute Gasteiger partial charge is 0.490 e. The summed E-state index contributed by atoms with van der Waals surface area (Å²) in [6.07, 6.45) is 1.22. The molecule has 182 valence electrons. The Kier molecular flexibility index (Phi) is 8.77. The monoisotopic (exact) mass is 476 g/mol. The van der Waals surface area contributed by atoms with Crippen molar-refractivity contribution in [2.24, 2.45) is 5.10 Å². The lowest BCUT2D eigenvalue weighted by Gasteiger charge is -2.13. The van der Waals surface area contributed by atoms with Gasteiger partial charge in [-0.2, -0.15) is 5.10 Å². The van der Waals surface area contributed by atoms with Gasteiger partial charge in [-0.15, -0.1) is 0 Å². The van der Waals surface area contributed by atoms with Crippen LogP contribution in [0.1, 0.15) is 29.2 Å². The van der Waals surface area contributed by atoms with Crippen molar-refractivity contribution in [3.05, 3.63) is 93.0 Å². The molecule has 0 saturated heterocycles. The van der Waals surface area contributed by atoms with Crippen LogP contribution in [0.25, 0.3) is 0 Å². The standard InChI is InChI=1S/C26H28N4O5/c1-4-34-24-13-21(15-28-29-26(31)16-27-22-11-10-18(2)19(3)12-22)23(30(32)33)14-25(24)35-17-20-8-6-5-7-9-20/h5-15,27H,4,16-17H2,1-3H3,(H,29,31)/b28-15-. The molecular formula is C26H28N4O5. The fraction of sp³-hybridized carbons (Fsp3) is 0.231. The van der Waals surface area contributed by atoms with Crippen molar-refractivity contribution in [3.8, 4) is 11.5 Å². The van der Waals surface area contributed by atoms with E-state index in [9.17, 15) is 14.9 Å². The molecule has 9 heteroatoms. The van der Waals surface area contributed by atoms with Crippen LogP contribution in [-0.4, -0.2) is 30.2 Å². The van der Waals surface area contributed by atoms with Crippen molar-refractivity contribution in [1.29, 1.82) is 0 Å². The molecule has 0 aromatic heterocycles. The fourth-order valence-corrected chi connectivity index (χ4v) is 3.19. The average Bonchev–Trinajstić information content (AvgIpc) is 2.85. The Labute approximate surface area is 203 Å². The maximum absolute atomic E-state index is 12.2. The first kappa shape index (κ1) is 25.2. The van der Waals surface area contributed by atoms with Gasteiger partial charge in [0.05, 0.1) is 35.9 Å². The van der Waals surface area contributed by atoms with Gasteiger partial charge in [-0.3, -0.25) is 14.9 Å². The van der Waals surface area contributed by atoms with Crippen LogP contribution in [0, 0.1) is 24.0 Å². The van der Waals surface area contributed by atoms with Gasteiger partial charge in [-0.1, -0.05) is 36.4 Å². The van der Waals surface area contributed by atoms with Gasteiger partial charge < -0.3 is 14.8 Å². The number of ether oxygens (including phenoxy) is 2. The Morgan fingerprint density at radius 1 is 1.03 bits per heavy atom. The van der Waals surface area contributed by atoms with Gasteiger partial charge in [0.15, 0.2) is 11.5 Å². The third-order valence-corrected chi connectivity index (χ3v) is 5.18. The lowest BCUT2D eigenvalue weighted by Crippen LogP contribution is -2.25. The topological polar surface area (TPSA) is 115 Å². The highest BCUT2D eigenvalue weighted by Gasteiger charge is 2.19. The van der Waals surface area contributed by atoms with Gasteiger partial charge in [-0.25, -0.2) is 5.43 Å². The van der Waals surface area contributed by atoms with E-state index in [0.29, 0.717) is 12.4 Å². The van der Waals surface area contributed by atoms with E-state index in [1.807, 2.05) is 62.4 Å². The Bertz CT molecular complexity index is 1210. The molecule has 0 atom stereocenters. The molecule has 0 saturated carbocycles. The molecule has 0 aliphatic rings. The average molecular weight is 477 g/mol. The molecule has 0 radical (unpaired) electrons. The van der Waals surface area contributed by atoms with E-state index in [0.717, 1.165) is 22.4 Å². The lowest BCUT2D eigenvalue weighted by atomic mass is 10.1. The molecule has 35 heavy (non-hydrogen) atoms. The summed E-state index contributed by atoms with van der Waals surface area (Å²) in [5.74, 6) is 0.203. The van der Waals surface area contributed by atoms with E-state index in [4.69, 9.17) is 9.47 Å². The molecule has 3 aromatic carbocycles. The first-order valence-corrected chi connectivity index (χ1v) is 11.1. The van der Waals surface area contributed by atoms with Gasteiger partial charge in [0.2, 0.25) is 0 Å². The molecule has 3 aromatic rings. The van der Waals surface area contributed by atoms with Gasteiger partial charge >= 0.3 is 0 Å². The molecule has 0 bridgehead atoms. The summed E-state index contributed by atoms with van der Waals surface area (Å²) >= 11 is 0. The second-order valence-corrected chi connectivity index (χ2v) is 7.77. The van der Waals surface area contributed by atoms with Crippen molar-refractivity contribution in [2.75, 3.05) is 18.5 Å². The van der Waals surface area contributed by atoms with Gasteiger partial charge in [0.25, 0.3) is 11.6 Å². The van der Waals surface area contributed by atoms with E-state index < -0.39 is 10.8 Å². The number of amides is 1. The number of nitro benzene ring substituents is 1. The number of hydrogen-bond acceptors (Lipinski definition) is 7. The van der Waals surface area contributed by atoms with Gasteiger partial charge in [-0.05, 0) is 55.7 Å². The number of hydrazone groups is 1. The smallest absolute Gasteiger partial charge is 0.282 e. The summed E-state index contributed by atoms with van der Waals surface area (Å²) in [6, 6.07) is 18.0. The predicted molar refractivity (Wildman–Crippen MR) is 135 cm³/mol. The quantitative estimate of drug-likeness (QED) is 0.234. The molecule has 0 heterocycles. The van der Waals surface area contributed by atoms with E-state index >= 15 is 0 Å². The molecule has 9 nitrogen and oxygen atoms in total. The predicted octanol–water partition coefficient (Wildman–Crippen LogP) is 4.75. The zero-order valence-electron chi connectivity index (χ0n) is 19.9. The molecule has 0 aliphatic carbocycles. The van der Waals surface area contributed by atoms with Crippen molar-refractivity contribution >= 4 is 23.5 Å². The number of hydrogen-bond donors (Lipinski definition) is 2. The summed E-state index contributed by atoms with van der Waals surface area (Å²) in [7, 11) is 0. The lowest BCUT2D eigenvalue weighted by molar-refractivity contribution is -0.385. The number of carbonyl (C=O) groups is 1. The molecule has 1 amide bonds. The summed E-state index contributed by atoms with van der Waals surface area (Å²) < 4.78 is 11.4. The second-order valence-electron chi connectivity index (χ2n) is 7.77. The third kappa shape index (κ3) is 7.29. The van der Waals surface area contributed by atoms with Crippen LogP contribution in [0.4, 0.5) is 11.4 Å². The number of rotatable bonds is 11. The number of nitrogens with one attached hydrogen (secondary N) is 2. The molecule has 0 aliphatic heterocycles. The van der Waals surface area contributed by atoms with Crippen molar-refractivity contribution in [1.82, 2.24) is 5.43 Å². The minimum atomic E-state index is -0.532. The Morgan fingerprint density at radius 2 is 1.77 bits per heavy atom. The zero-order chi connectivity index (χ0) is 25.2. The minimum Gasteiger partial charge on any atom is -0.490 e. The van der Waals surface area contributed by atoms with Crippen LogP contribution >= 0.6 is 0 Å². The normalized spacial score (nSPS) is 10.7. The zero-order valence-corrected chi connectivity index (χ0v) is 19.9. The van der Waals surface area contributed by atoms with Crippen molar-refractivity contribution in [2.45, 2.75) is 27.4 Å². The summed E-state index contributed by atoms with van der Waals surface area (Å²) in [5.41, 5.74) is 6.34. The van der Waals surface area contributed by atoms with Gasteiger partial charge in [0.1, 0.15) is 6.61 Å². The minimum absolute atomic E-state index is 0.00159. The van der Waals surface area contributed by atoms with Crippen molar-refractivity contribution in [3.63, 3.8) is 0 Å². The van der Waals surface area contributed by atoms with Gasteiger partial charge in [0, 0.05) is 5.69 Å². The molecular weight excluding hydrogens is 448 g/mol. The van der Waals surface area contributed by atoms with Crippen LogP contribution in [0.2, 0.25) is 0 Å². The number of aryl methyl sites for hydroxylation is 2. The number of nitro groups is 1. The molecule has 0 spiro atoms. The summed E-state index contributed by atoms with van der Waals surface area (Å²) in [6.45, 7) is 6.38. The van der Waals surface area contributed by atoms with Crippen LogP contribution in [-0.2, 0) is 11.4 Å². The highest BCUT2D eigenvalue weighted by Crippen LogP contribution is 2.35. The Balaban J connectivity index is 1.69. The maximum Gasteiger partial charge on any atom is 0.282 e. The van der Waals surface area contributed by atoms with E-state index in [1.165, 1.54) is 18.3 Å². The Morgan fingerprint density at radius 3 is 2.46 bits per heavy atom. The Hall–Kier alpha value is -4.40. The SMILES string of the molecule is CCOc1cc(/C=N\NC(=O)CNc2ccc(C)c(C)c2)c([N+](=O)[O-])cc1OCc1ccccc1. The summed E-state index contributed by atoms with van der Waals surface area (Å²) in [5, 5.41) is 18.6. The third-order valence-electron chi connectivity index (χ3n) is 5.18. The van der Waals surface area contributed by atoms with Crippen LogP contribution < -0.4 is 20.2 Å². The van der Waals surface area contributed by atoms with E-state index in [2.05, 4.69) is 15.8 Å². The number of nitrogens with zero attached hydrogens (tertiary/aromatic N) is 2. The van der Waals surface area contributed by atoms with E-state index in [1.54, 1.807) is 6.92 Å². The van der Waals surface area contributed by atoms with Crippen LogP contribution in [0.5, 0.6) is 11.5 Å².